The second-order valence-electron chi connectivity index (χ2n) is 2.91. The predicted molar refractivity (Wildman–Crippen MR) is 55.2 cm³/mol. The van der Waals surface area contributed by atoms with E-state index < -0.39 is 0 Å². The first-order valence-corrected chi connectivity index (χ1v) is 4.83. The fraction of sp³-hybridized carbons (Fsp3) is 0.556. The van der Waals surface area contributed by atoms with Crippen molar-refractivity contribution >= 4 is 17.5 Å². The van der Waals surface area contributed by atoms with Crippen LogP contribution in [0.3, 0.4) is 0 Å². The molecule has 13 heavy (non-hydrogen) atoms. The van der Waals surface area contributed by atoms with Crippen molar-refractivity contribution < 1.29 is 0 Å². The maximum atomic E-state index is 5.94. The van der Waals surface area contributed by atoms with Crippen LogP contribution in [0, 0.1) is 6.92 Å². The lowest BCUT2D eigenvalue weighted by atomic mass is 10.3. The molecule has 0 radical (unpaired) electrons. The van der Waals surface area contributed by atoms with Crippen LogP contribution in [0.1, 0.15) is 19.0 Å². The summed E-state index contributed by atoms with van der Waals surface area (Å²) in [6.45, 7) is 4.70. The Morgan fingerprint density at radius 1 is 1.62 bits per heavy atom. The van der Waals surface area contributed by atoms with Crippen molar-refractivity contribution in [2.75, 3.05) is 11.9 Å². The highest BCUT2D eigenvalue weighted by Crippen LogP contribution is 2.03. The van der Waals surface area contributed by atoms with Gasteiger partial charge in [-0.1, -0.05) is 6.92 Å². The monoisotopic (exact) mass is 199 g/mol. The van der Waals surface area contributed by atoms with Crippen LogP contribution >= 0.6 is 11.6 Å². The van der Waals surface area contributed by atoms with Crippen molar-refractivity contribution in [1.82, 2.24) is 9.97 Å². The molecule has 0 aromatic carbocycles. The number of anilines is 1. The van der Waals surface area contributed by atoms with Gasteiger partial charge in [-0.05, 0) is 19.4 Å². The third kappa shape index (κ3) is 3.59. The zero-order valence-corrected chi connectivity index (χ0v) is 8.67. The Labute approximate surface area is 83.5 Å². The quantitative estimate of drug-likeness (QED) is 0.756. The number of nitrogens with zero attached hydrogens (tertiary/aromatic N) is 2. The minimum Gasteiger partial charge on any atom is -0.353 e. The molecule has 1 N–H and O–H groups in total. The van der Waals surface area contributed by atoms with Gasteiger partial charge in [0, 0.05) is 18.4 Å². The molecule has 0 saturated heterocycles. The van der Waals surface area contributed by atoms with Crippen molar-refractivity contribution in [3.8, 4) is 0 Å². The molecular weight excluding hydrogens is 186 g/mol. The maximum absolute atomic E-state index is 5.94. The summed E-state index contributed by atoms with van der Waals surface area (Å²) in [5.41, 5.74) is 0.958. The normalized spacial score (nSPS) is 12.5. The third-order valence-electron chi connectivity index (χ3n) is 1.72. The number of aryl methyl sites for hydroxylation is 1. The second kappa shape index (κ2) is 5.02. The van der Waals surface area contributed by atoms with E-state index in [0.717, 1.165) is 12.1 Å². The van der Waals surface area contributed by atoms with E-state index in [0.29, 0.717) is 12.5 Å². The molecule has 72 valence electrons. The van der Waals surface area contributed by atoms with Gasteiger partial charge < -0.3 is 5.32 Å². The number of hydrogen-bond acceptors (Lipinski definition) is 3. The van der Waals surface area contributed by atoms with E-state index in [4.69, 9.17) is 11.6 Å². The first-order chi connectivity index (χ1) is 6.22. The standard InChI is InChI=1S/C9H14ClN3/c1-3-8(10)6-12-9-11-5-4-7(2)13-9/h4-5,8H,3,6H2,1-2H3,(H,11,12,13). The molecule has 1 rings (SSSR count). The molecule has 0 aliphatic heterocycles. The topological polar surface area (TPSA) is 37.8 Å². The van der Waals surface area contributed by atoms with Crippen LogP contribution in [0.25, 0.3) is 0 Å². The van der Waals surface area contributed by atoms with Crippen molar-refractivity contribution in [1.29, 1.82) is 0 Å². The summed E-state index contributed by atoms with van der Waals surface area (Å²) in [6, 6.07) is 1.86. The van der Waals surface area contributed by atoms with Gasteiger partial charge >= 0.3 is 0 Å². The van der Waals surface area contributed by atoms with E-state index in [-0.39, 0.29) is 5.38 Å². The molecule has 1 unspecified atom stereocenters. The van der Waals surface area contributed by atoms with E-state index in [1.165, 1.54) is 0 Å². The Kier molecular flexibility index (Phi) is 3.96. The SMILES string of the molecule is CCC(Cl)CNc1nccc(C)n1. The minimum absolute atomic E-state index is 0.143. The van der Waals surface area contributed by atoms with Gasteiger partial charge in [-0.3, -0.25) is 0 Å². The fourth-order valence-electron chi connectivity index (χ4n) is 0.880. The summed E-state index contributed by atoms with van der Waals surface area (Å²) in [6.07, 6.45) is 2.68. The number of rotatable bonds is 4. The zero-order valence-electron chi connectivity index (χ0n) is 7.92. The van der Waals surface area contributed by atoms with Crippen molar-refractivity contribution in [2.45, 2.75) is 25.6 Å². The van der Waals surface area contributed by atoms with Crippen LogP contribution < -0.4 is 5.32 Å². The number of nitrogens with one attached hydrogen (secondary N) is 1. The Morgan fingerprint density at radius 2 is 2.38 bits per heavy atom. The molecule has 0 aliphatic rings. The Morgan fingerprint density at radius 3 is 3.00 bits per heavy atom. The Hall–Kier alpha value is -0.830. The summed E-state index contributed by atoms with van der Waals surface area (Å²) < 4.78 is 0. The molecule has 0 fully saturated rings. The van der Waals surface area contributed by atoms with E-state index in [1.807, 2.05) is 13.0 Å². The lowest BCUT2D eigenvalue weighted by Gasteiger charge is -2.07. The molecule has 4 heteroatoms. The number of alkyl halides is 1. The van der Waals surface area contributed by atoms with Gasteiger partial charge in [-0.25, -0.2) is 9.97 Å². The predicted octanol–water partition coefficient (Wildman–Crippen LogP) is 2.21. The van der Waals surface area contributed by atoms with Crippen LogP contribution in [-0.2, 0) is 0 Å². The Balaban J connectivity index is 2.45. The summed E-state index contributed by atoms with van der Waals surface area (Å²) in [5, 5.41) is 3.22. The largest absolute Gasteiger partial charge is 0.353 e. The highest BCUT2D eigenvalue weighted by molar-refractivity contribution is 6.20. The molecule has 1 heterocycles. The van der Waals surface area contributed by atoms with E-state index in [1.54, 1.807) is 6.20 Å². The van der Waals surface area contributed by atoms with Gasteiger partial charge in [0.2, 0.25) is 5.95 Å². The van der Waals surface area contributed by atoms with E-state index in [2.05, 4.69) is 22.2 Å². The molecule has 0 saturated carbocycles. The van der Waals surface area contributed by atoms with E-state index in [9.17, 15) is 0 Å². The molecule has 3 nitrogen and oxygen atoms in total. The molecule has 1 aromatic rings. The van der Waals surface area contributed by atoms with Crippen molar-refractivity contribution in [3.63, 3.8) is 0 Å². The molecule has 1 atom stereocenters. The lowest BCUT2D eigenvalue weighted by Crippen LogP contribution is -2.14. The van der Waals surface area contributed by atoms with Crippen molar-refractivity contribution in [2.24, 2.45) is 0 Å². The van der Waals surface area contributed by atoms with Crippen LogP contribution in [0.4, 0.5) is 5.95 Å². The number of hydrogen-bond donors (Lipinski definition) is 1. The number of halogens is 1. The molecule has 0 aliphatic carbocycles. The van der Waals surface area contributed by atoms with Crippen LogP contribution in [0.5, 0.6) is 0 Å². The van der Waals surface area contributed by atoms with E-state index >= 15 is 0 Å². The lowest BCUT2D eigenvalue weighted by molar-refractivity contribution is 0.834. The molecular formula is C9H14ClN3. The average molecular weight is 200 g/mol. The maximum Gasteiger partial charge on any atom is 0.222 e. The molecule has 0 bridgehead atoms. The van der Waals surface area contributed by atoms with Crippen LogP contribution in [0.15, 0.2) is 12.3 Å². The highest BCUT2D eigenvalue weighted by atomic mass is 35.5. The summed E-state index contributed by atoms with van der Waals surface area (Å²) in [7, 11) is 0. The van der Waals surface area contributed by atoms with Gasteiger partial charge in [0.1, 0.15) is 0 Å². The molecule has 0 spiro atoms. The van der Waals surface area contributed by atoms with Gasteiger partial charge in [-0.15, -0.1) is 11.6 Å². The smallest absolute Gasteiger partial charge is 0.222 e. The first kappa shape index (κ1) is 10.3. The Bertz CT molecular complexity index is 265. The van der Waals surface area contributed by atoms with Gasteiger partial charge in [0.05, 0.1) is 5.38 Å². The van der Waals surface area contributed by atoms with Crippen LogP contribution in [-0.4, -0.2) is 21.9 Å². The summed E-state index contributed by atoms with van der Waals surface area (Å²) in [5.74, 6) is 0.652. The average Bonchev–Trinajstić information content (AvgIpc) is 2.14. The molecule has 1 aromatic heterocycles. The van der Waals surface area contributed by atoms with Crippen LogP contribution in [0.2, 0.25) is 0 Å². The van der Waals surface area contributed by atoms with Crippen molar-refractivity contribution in [3.05, 3.63) is 18.0 Å². The van der Waals surface area contributed by atoms with Gasteiger partial charge in [0.15, 0.2) is 0 Å². The zero-order chi connectivity index (χ0) is 9.68. The van der Waals surface area contributed by atoms with Gasteiger partial charge in [-0.2, -0.15) is 0 Å². The minimum atomic E-state index is 0.143. The number of aromatic nitrogens is 2. The highest BCUT2D eigenvalue weighted by Gasteiger charge is 2.01. The van der Waals surface area contributed by atoms with Gasteiger partial charge in [0.25, 0.3) is 0 Å². The molecule has 0 amide bonds. The third-order valence-corrected chi connectivity index (χ3v) is 2.18. The fourth-order valence-corrected chi connectivity index (χ4v) is 0.958. The summed E-state index contributed by atoms with van der Waals surface area (Å²) in [4.78, 5) is 8.26. The first-order valence-electron chi connectivity index (χ1n) is 4.40. The summed E-state index contributed by atoms with van der Waals surface area (Å²) >= 11 is 5.94. The second-order valence-corrected chi connectivity index (χ2v) is 3.53.